The molecule has 0 fully saturated rings. The molecular weight excluding hydrogens is 308 g/mol. The van der Waals surface area contributed by atoms with E-state index in [2.05, 4.69) is 10.6 Å². The molecule has 6 nitrogen and oxygen atoms in total. The largest absolute Gasteiger partial charge is 0.494 e. The Morgan fingerprint density at radius 2 is 2.17 bits per heavy atom. The van der Waals surface area contributed by atoms with Gasteiger partial charge in [0, 0.05) is 5.70 Å². The molecule has 1 atom stereocenters. The van der Waals surface area contributed by atoms with Gasteiger partial charge < -0.3 is 20.1 Å². The molecule has 0 unspecified atom stereocenters. The summed E-state index contributed by atoms with van der Waals surface area (Å²) < 4.78 is 10.7. The van der Waals surface area contributed by atoms with E-state index in [4.69, 9.17) is 9.47 Å². The number of carbonyl (C=O) groups is 2. The van der Waals surface area contributed by atoms with Crippen molar-refractivity contribution in [2.24, 2.45) is 0 Å². The molecule has 128 valence electrons. The quantitative estimate of drug-likeness (QED) is 0.621. The van der Waals surface area contributed by atoms with Crippen LogP contribution in [-0.2, 0) is 9.53 Å². The van der Waals surface area contributed by atoms with E-state index in [-0.39, 0.29) is 12.6 Å². The van der Waals surface area contributed by atoms with Gasteiger partial charge in [-0.2, -0.15) is 0 Å². The standard InChI is InChI=1S/C18H22N2O4/c1-4-6-10-24-17(21)15-12(3)19-18(22)20-16(15)13-8-7-9-14(11-13)23-5-2/h4,6-9,11,16H,5,10H2,1-3H3,(H2,19,20,22)/b6-4-/t16-/m1/s1. The molecule has 1 aromatic carbocycles. The minimum Gasteiger partial charge on any atom is -0.494 e. The summed E-state index contributed by atoms with van der Waals surface area (Å²) in [4.78, 5) is 24.3. The summed E-state index contributed by atoms with van der Waals surface area (Å²) in [5.41, 5.74) is 1.62. The number of ether oxygens (including phenoxy) is 2. The van der Waals surface area contributed by atoms with Crippen LogP contribution in [-0.4, -0.2) is 25.2 Å². The number of nitrogens with one attached hydrogen (secondary N) is 2. The number of amides is 2. The summed E-state index contributed by atoms with van der Waals surface area (Å²) in [7, 11) is 0. The Labute approximate surface area is 141 Å². The third-order valence-corrected chi connectivity index (χ3v) is 3.54. The molecule has 1 aromatic rings. The Bertz CT molecular complexity index is 679. The number of urea groups is 1. The highest BCUT2D eigenvalue weighted by Gasteiger charge is 2.32. The normalized spacial score (nSPS) is 17.5. The van der Waals surface area contributed by atoms with Crippen molar-refractivity contribution >= 4 is 12.0 Å². The van der Waals surface area contributed by atoms with Crippen molar-refractivity contribution in [2.75, 3.05) is 13.2 Å². The molecule has 0 radical (unpaired) electrons. The third kappa shape index (κ3) is 4.16. The molecule has 0 spiro atoms. The van der Waals surface area contributed by atoms with E-state index in [9.17, 15) is 9.59 Å². The van der Waals surface area contributed by atoms with Gasteiger partial charge in [0.25, 0.3) is 0 Å². The minimum absolute atomic E-state index is 0.186. The van der Waals surface area contributed by atoms with Crippen molar-refractivity contribution in [2.45, 2.75) is 26.8 Å². The second-order valence-electron chi connectivity index (χ2n) is 5.24. The first-order valence-corrected chi connectivity index (χ1v) is 7.86. The molecule has 0 saturated carbocycles. The Balaban J connectivity index is 2.34. The van der Waals surface area contributed by atoms with Crippen LogP contribution in [0.5, 0.6) is 5.75 Å². The third-order valence-electron chi connectivity index (χ3n) is 3.54. The van der Waals surface area contributed by atoms with Gasteiger partial charge in [-0.25, -0.2) is 9.59 Å². The number of rotatable bonds is 6. The lowest BCUT2D eigenvalue weighted by Gasteiger charge is -2.28. The van der Waals surface area contributed by atoms with Crippen LogP contribution in [0.15, 0.2) is 47.7 Å². The van der Waals surface area contributed by atoms with Crippen molar-refractivity contribution < 1.29 is 19.1 Å². The Hall–Kier alpha value is -2.76. The lowest BCUT2D eigenvalue weighted by atomic mass is 9.95. The van der Waals surface area contributed by atoms with E-state index in [1.807, 2.05) is 38.1 Å². The van der Waals surface area contributed by atoms with Crippen LogP contribution in [0.3, 0.4) is 0 Å². The molecule has 0 aromatic heterocycles. The zero-order valence-corrected chi connectivity index (χ0v) is 14.1. The smallest absolute Gasteiger partial charge is 0.338 e. The van der Waals surface area contributed by atoms with Gasteiger partial charge in [0.1, 0.15) is 12.4 Å². The first kappa shape index (κ1) is 17.6. The monoisotopic (exact) mass is 330 g/mol. The van der Waals surface area contributed by atoms with E-state index < -0.39 is 12.0 Å². The molecule has 1 heterocycles. The summed E-state index contributed by atoms with van der Waals surface area (Å²) in [6.45, 7) is 6.15. The number of carbonyl (C=O) groups excluding carboxylic acids is 2. The van der Waals surface area contributed by atoms with Crippen LogP contribution < -0.4 is 15.4 Å². The number of hydrogen-bond donors (Lipinski definition) is 2. The van der Waals surface area contributed by atoms with Crippen molar-refractivity contribution in [3.8, 4) is 5.75 Å². The maximum atomic E-state index is 12.4. The van der Waals surface area contributed by atoms with Gasteiger partial charge in [-0.3, -0.25) is 0 Å². The molecule has 1 aliphatic heterocycles. The minimum atomic E-state index is -0.586. The summed E-state index contributed by atoms with van der Waals surface area (Å²) in [6.07, 6.45) is 3.55. The molecule has 2 N–H and O–H groups in total. The second-order valence-corrected chi connectivity index (χ2v) is 5.24. The average molecular weight is 330 g/mol. The number of hydrogen-bond acceptors (Lipinski definition) is 4. The van der Waals surface area contributed by atoms with E-state index in [1.54, 1.807) is 19.1 Å². The summed E-state index contributed by atoms with van der Waals surface area (Å²) in [6, 6.07) is 6.36. The van der Waals surface area contributed by atoms with Gasteiger partial charge in [-0.15, -0.1) is 0 Å². The Morgan fingerprint density at radius 3 is 2.88 bits per heavy atom. The first-order valence-electron chi connectivity index (χ1n) is 7.86. The van der Waals surface area contributed by atoms with Crippen LogP contribution in [0.25, 0.3) is 0 Å². The summed E-state index contributed by atoms with van der Waals surface area (Å²) >= 11 is 0. The highest BCUT2D eigenvalue weighted by Crippen LogP contribution is 2.29. The Morgan fingerprint density at radius 1 is 1.38 bits per heavy atom. The first-order chi connectivity index (χ1) is 11.6. The lowest BCUT2D eigenvalue weighted by molar-refractivity contribution is -0.138. The fourth-order valence-electron chi connectivity index (χ4n) is 2.46. The van der Waals surface area contributed by atoms with Gasteiger partial charge in [0.15, 0.2) is 0 Å². The Kier molecular flexibility index (Phi) is 6.01. The molecule has 2 amide bonds. The molecule has 24 heavy (non-hydrogen) atoms. The maximum absolute atomic E-state index is 12.4. The molecule has 0 saturated heterocycles. The van der Waals surface area contributed by atoms with Gasteiger partial charge in [0.2, 0.25) is 0 Å². The van der Waals surface area contributed by atoms with E-state index in [1.165, 1.54) is 0 Å². The predicted octanol–water partition coefficient (Wildman–Crippen LogP) is 2.83. The molecule has 0 bridgehead atoms. The number of benzene rings is 1. The van der Waals surface area contributed by atoms with Crippen molar-refractivity contribution in [1.29, 1.82) is 0 Å². The van der Waals surface area contributed by atoms with Crippen LogP contribution in [0, 0.1) is 0 Å². The number of esters is 1. The van der Waals surface area contributed by atoms with Crippen LogP contribution in [0.2, 0.25) is 0 Å². The van der Waals surface area contributed by atoms with Crippen LogP contribution >= 0.6 is 0 Å². The SMILES string of the molecule is C/C=C\COC(=O)C1=C(C)NC(=O)N[C@@H]1c1cccc(OCC)c1. The highest BCUT2D eigenvalue weighted by atomic mass is 16.5. The molecule has 1 aliphatic rings. The lowest BCUT2D eigenvalue weighted by Crippen LogP contribution is -2.45. The van der Waals surface area contributed by atoms with Gasteiger partial charge in [0.05, 0.1) is 18.2 Å². The fraction of sp³-hybridized carbons (Fsp3) is 0.333. The van der Waals surface area contributed by atoms with Crippen molar-refractivity contribution in [3.05, 3.63) is 53.3 Å². The van der Waals surface area contributed by atoms with Gasteiger partial charge in [-0.05, 0) is 38.5 Å². The zero-order valence-electron chi connectivity index (χ0n) is 14.1. The summed E-state index contributed by atoms with van der Waals surface area (Å²) in [5.74, 6) is 0.215. The van der Waals surface area contributed by atoms with Crippen LogP contribution in [0.1, 0.15) is 32.4 Å². The van der Waals surface area contributed by atoms with E-state index >= 15 is 0 Å². The van der Waals surface area contributed by atoms with Gasteiger partial charge >= 0.3 is 12.0 Å². The van der Waals surface area contributed by atoms with Gasteiger partial charge in [-0.1, -0.05) is 24.3 Å². The summed E-state index contributed by atoms with van der Waals surface area (Å²) in [5, 5.41) is 5.39. The number of allylic oxidation sites excluding steroid dienone is 2. The van der Waals surface area contributed by atoms with E-state index in [0.717, 1.165) is 5.56 Å². The van der Waals surface area contributed by atoms with Crippen LogP contribution in [0.4, 0.5) is 4.79 Å². The average Bonchev–Trinajstić information content (AvgIpc) is 2.55. The highest BCUT2D eigenvalue weighted by molar-refractivity contribution is 5.95. The molecular formula is C18H22N2O4. The maximum Gasteiger partial charge on any atom is 0.338 e. The van der Waals surface area contributed by atoms with Crippen molar-refractivity contribution in [3.63, 3.8) is 0 Å². The molecule has 0 aliphatic carbocycles. The fourth-order valence-corrected chi connectivity index (χ4v) is 2.46. The molecule has 6 heteroatoms. The topological polar surface area (TPSA) is 76.7 Å². The predicted molar refractivity (Wildman–Crippen MR) is 90.5 cm³/mol. The van der Waals surface area contributed by atoms with E-state index in [0.29, 0.717) is 23.6 Å². The van der Waals surface area contributed by atoms with Crippen molar-refractivity contribution in [1.82, 2.24) is 10.6 Å². The molecule has 2 rings (SSSR count). The zero-order chi connectivity index (χ0) is 17.5. The second kappa shape index (κ2) is 8.19.